The first-order valence-electron chi connectivity index (χ1n) is 0.647. The van der Waals surface area contributed by atoms with Crippen LogP contribution in [-0.2, 0) is 21.0 Å². The van der Waals surface area contributed by atoms with E-state index in [-0.39, 0.29) is 68.1 Å². The summed E-state index contributed by atoms with van der Waals surface area (Å²) in [4.78, 5) is 0. The van der Waals surface area contributed by atoms with E-state index in [9.17, 15) is 0 Å². The van der Waals surface area contributed by atoms with Crippen LogP contribution >= 0.6 is 0 Å². The zero-order valence-corrected chi connectivity index (χ0v) is 13.2. The molecule has 2 radical (unpaired) electrons. The first-order valence-corrected chi connectivity index (χ1v) is 2.67. The van der Waals surface area contributed by atoms with Crippen LogP contribution in [-0.4, -0.2) is 35.7 Å². The second kappa shape index (κ2) is 6.43. The molecule has 0 saturated heterocycles. The van der Waals surface area contributed by atoms with Gasteiger partial charge in [-0.3, -0.25) is 0 Å². The van der Waals surface area contributed by atoms with Crippen molar-refractivity contribution in [2.75, 3.05) is 0 Å². The van der Waals surface area contributed by atoms with Gasteiger partial charge in [0.2, 0.25) is 0 Å². The van der Waals surface area contributed by atoms with Crippen molar-refractivity contribution in [3.05, 3.63) is 0 Å². The van der Waals surface area contributed by atoms with Gasteiger partial charge in [0, 0.05) is 40.8 Å². The quantitative estimate of drug-likeness (QED) is 0.389. The Morgan fingerprint density at radius 1 is 1.14 bits per heavy atom. The maximum atomic E-state index is 8.80. The van der Waals surface area contributed by atoms with E-state index < -0.39 is 13.4 Å². The molecule has 0 unspecified atom stereocenters. The average Bonchev–Trinajstić information content (AvgIpc) is 0.722. The predicted octanol–water partition coefficient (Wildman–Crippen LogP) is -2.27. The van der Waals surface area contributed by atoms with Gasteiger partial charge in [-0.05, 0) is 0 Å². The van der Waals surface area contributed by atoms with Crippen molar-refractivity contribution in [3.8, 4) is 0 Å². The van der Waals surface area contributed by atoms with Crippen molar-refractivity contribution in [3.63, 3.8) is 0 Å². The molecule has 4 nitrogen and oxygen atoms in total. The van der Waals surface area contributed by atoms with Crippen LogP contribution in [0.3, 0.4) is 0 Å². The molecule has 2 N–H and O–H groups in total. The third-order valence-corrected chi connectivity index (χ3v) is 0. The summed E-state index contributed by atoms with van der Waals surface area (Å²) in [6, 6.07) is 0. The summed E-state index contributed by atoms with van der Waals surface area (Å²) < 4.78 is 31.8. The molecular weight excluding hydrogens is 470 g/mol. The van der Waals surface area contributed by atoms with Crippen LogP contribution < -0.4 is 0 Å². The maximum absolute atomic E-state index is 8.80. The van der Waals surface area contributed by atoms with Crippen LogP contribution in [0.25, 0.3) is 0 Å². The molecule has 7 heteroatoms. The van der Waals surface area contributed by atoms with E-state index in [0.717, 1.165) is 0 Å². The Labute approximate surface area is 95.6 Å². The standard InChI is InChI=1S/Mn.Nd.2H2O.2O.Pb.2H/h;;2*1H2;;;;;/q+2;;;;;;;;/p-2. The van der Waals surface area contributed by atoms with E-state index in [1.54, 1.807) is 0 Å². The number of rotatable bonds is 0. The monoisotopic (exact) mass is 473 g/mol. The van der Waals surface area contributed by atoms with Crippen LogP contribution in [0.15, 0.2) is 0 Å². The Balaban J connectivity index is -0.0000000800. The van der Waals surface area contributed by atoms with Crippen molar-refractivity contribution in [1.29, 1.82) is 0 Å². The number of hydrogen-bond donors (Lipinski definition) is 2. The van der Waals surface area contributed by atoms with Gasteiger partial charge in [0.05, 0.1) is 0 Å². The minimum atomic E-state index is -5.12. The Kier molecular flexibility index (Phi) is 14.8. The predicted molar refractivity (Wildman–Crippen MR) is 14.4 cm³/mol. The van der Waals surface area contributed by atoms with Gasteiger partial charge in [-0.1, -0.05) is 0 Å². The first-order chi connectivity index (χ1) is 2.00. The topological polar surface area (TPSA) is 74.6 Å². The molecule has 0 amide bonds. The van der Waals surface area contributed by atoms with Crippen LogP contribution in [0.5, 0.6) is 0 Å². The van der Waals surface area contributed by atoms with Gasteiger partial charge in [0.15, 0.2) is 0 Å². The van der Waals surface area contributed by atoms with E-state index in [1.807, 2.05) is 0 Å². The molecule has 7 heavy (non-hydrogen) atoms. The van der Waals surface area contributed by atoms with Gasteiger partial charge in [-0.25, -0.2) is 0 Å². The van der Waals surface area contributed by atoms with E-state index in [1.165, 1.54) is 0 Å². The summed E-state index contributed by atoms with van der Waals surface area (Å²) in [6.45, 7) is 0. The molecule has 0 atom stereocenters. The second-order valence-electron chi connectivity index (χ2n) is 0.415. The van der Waals surface area contributed by atoms with E-state index in [0.29, 0.717) is 0 Å². The van der Waals surface area contributed by atoms with Crippen LogP contribution in [0.4, 0.5) is 0 Å². The van der Waals surface area contributed by atoms with Crippen LogP contribution in [0.2, 0.25) is 0 Å². The Bertz CT molecular complexity index is 94.9. The van der Waals surface area contributed by atoms with Gasteiger partial charge in [-0.15, -0.1) is 0 Å². The Hall–Kier alpha value is 2.31. The molecule has 43 valence electrons. The van der Waals surface area contributed by atoms with Gasteiger partial charge >= 0.3 is 56.7 Å². The Morgan fingerprint density at radius 2 is 1.14 bits per heavy atom. The summed E-state index contributed by atoms with van der Waals surface area (Å²) in [5.41, 5.74) is 0. The van der Waals surface area contributed by atoms with Gasteiger partial charge in [0.1, 0.15) is 0 Å². The molecule has 0 saturated carbocycles. The summed E-state index contributed by atoms with van der Waals surface area (Å²) in [7, 11) is 0. The summed E-state index contributed by atoms with van der Waals surface area (Å²) in [5, 5.41) is 0. The van der Waals surface area contributed by atoms with Crippen LogP contribution in [0, 0.1) is 40.8 Å². The van der Waals surface area contributed by atoms with E-state index in [2.05, 4.69) is 0 Å². The van der Waals surface area contributed by atoms with E-state index >= 15 is 0 Å². The molecule has 0 spiro atoms. The summed E-state index contributed by atoms with van der Waals surface area (Å²) in [6.07, 6.45) is 0. The molecule has 0 rings (SSSR count). The Morgan fingerprint density at radius 3 is 1.14 bits per heavy atom. The zero-order chi connectivity index (χ0) is 4.50. The molecule has 0 aromatic carbocycles. The van der Waals surface area contributed by atoms with E-state index in [4.69, 9.17) is 16.0 Å². The van der Waals surface area contributed by atoms with Crippen LogP contribution in [0.1, 0.15) is 0 Å². The molecular formula is H4MnNdO4Pb. The molecule has 0 aromatic rings. The average molecular weight is 474 g/mol. The van der Waals surface area contributed by atoms with Crippen molar-refractivity contribution < 1.29 is 70.3 Å². The fourth-order valence-corrected chi connectivity index (χ4v) is 0. The molecule has 0 aromatic heterocycles. The zero-order valence-electron chi connectivity index (χ0n) is 3.30. The first kappa shape index (κ1) is 16.1. The van der Waals surface area contributed by atoms with Crippen molar-refractivity contribution >= 4 is 27.3 Å². The van der Waals surface area contributed by atoms with Gasteiger partial charge in [-0.2, -0.15) is 0 Å². The van der Waals surface area contributed by atoms with Crippen molar-refractivity contribution in [2.24, 2.45) is 0 Å². The fraction of sp³-hybridized carbons (Fsp3) is 0. The third-order valence-electron chi connectivity index (χ3n) is 0. The SMILES string of the molecule is [Nd].[O]=[Mn](=[O])([OH])[OH].[PbH2]. The third kappa shape index (κ3) is 61.9. The summed E-state index contributed by atoms with van der Waals surface area (Å²) in [5.74, 6) is 0. The van der Waals surface area contributed by atoms with Crippen molar-refractivity contribution in [2.45, 2.75) is 0 Å². The molecule has 0 aliphatic heterocycles. The molecule has 0 aliphatic carbocycles. The molecule has 0 aliphatic rings. The van der Waals surface area contributed by atoms with Gasteiger partial charge in [0.25, 0.3) is 0 Å². The second-order valence-corrected chi connectivity index (χ2v) is 1.71. The van der Waals surface area contributed by atoms with Crippen molar-refractivity contribution in [1.82, 2.24) is 0 Å². The van der Waals surface area contributed by atoms with Gasteiger partial charge < -0.3 is 0 Å². The molecule has 0 bridgehead atoms. The number of hydrogen-bond acceptors (Lipinski definition) is 2. The molecule has 0 fully saturated rings. The minimum absolute atomic E-state index is 0. The molecule has 0 heterocycles. The summed E-state index contributed by atoms with van der Waals surface area (Å²) >= 11 is -5.12. The normalized spacial score (nSPS) is 8.29. The fourth-order valence-electron chi connectivity index (χ4n) is 0.